The Morgan fingerprint density at radius 1 is 1.21 bits per heavy atom. The standard InChI is InChI=1S/C20H19FN4O3/c1-12-5-6-25(10-16-9-22-13(2)8-23-16)20(28)18(12)19(27)24-17-7-15(21)4-3-14(17)11-26/h3-9,26H,10-11H2,1-2H3,(H,24,27). The fraction of sp³-hybridized carbons (Fsp3) is 0.200. The van der Waals surface area contributed by atoms with Gasteiger partial charge in [0.2, 0.25) is 0 Å². The van der Waals surface area contributed by atoms with Crippen LogP contribution in [0.3, 0.4) is 0 Å². The second kappa shape index (κ2) is 8.10. The van der Waals surface area contributed by atoms with E-state index in [-0.39, 0.29) is 24.4 Å². The van der Waals surface area contributed by atoms with Gasteiger partial charge in [-0.15, -0.1) is 0 Å². The number of amides is 1. The summed E-state index contributed by atoms with van der Waals surface area (Å²) in [5, 5.41) is 11.9. The monoisotopic (exact) mass is 382 g/mol. The molecule has 0 unspecified atom stereocenters. The number of rotatable bonds is 5. The third-order valence-electron chi connectivity index (χ3n) is 4.26. The Hall–Kier alpha value is -3.39. The summed E-state index contributed by atoms with van der Waals surface area (Å²) in [5.41, 5.74) is 1.73. The average Bonchev–Trinajstić information content (AvgIpc) is 2.66. The molecular formula is C20H19FN4O3. The van der Waals surface area contributed by atoms with Crippen molar-refractivity contribution in [3.05, 3.63) is 87.1 Å². The fourth-order valence-electron chi connectivity index (χ4n) is 2.73. The van der Waals surface area contributed by atoms with Crippen LogP contribution in [0.1, 0.15) is 32.9 Å². The normalized spacial score (nSPS) is 10.7. The fourth-order valence-corrected chi connectivity index (χ4v) is 2.73. The van der Waals surface area contributed by atoms with Crippen molar-refractivity contribution in [2.75, 3.05) is 5.32 Å². The van der Waals surface area contributed by atoms with Crippen LogP contribution in [-0.2, 0) is 13.2 Å². The van der Waals surface area contributed by atoms with Crippen LogP contribution in [0.25, 0.3) is 0 Å². The van der Waals surface area contributed by atoms with Gasteiger partial charge in [-0.25, -0.2) is 4.39 Å². The molecule has 2 aromatic heterocycles. The molecule has 0 aliphatic rings. The first kappa shape index (κ1) is 19.4. The number of benzene rings is 1. The Kier molecular flexibility index (Phi) is 5.60. The van der Waals surface area contributed by atoms with Crippen molar-refractivity contribution < 1.29 is 14.3 Å². The smallest absolute Gasteiger partial charge is 0.264 e. The molecule has 3 rings (SSSR count). The molecule has 0 radical (unpaired) electrons. The van der Waals surface area contributed by atoms with E-state index in [0.717, 1.165) is 11.8 Å². The molecule has 2 N–H and O–H groups in total. The summed E-state index contributed by atoms with van der Waals surface area (Å²) >= 11 is 0. The number of aryl methyl sites for hydroxylation is 2. The summed E-state index contributed by atoms with van der Waals surface area (Å²) in [6, 6.07) is 5.31. The summed E-state index contributed by atoms with van der Waals surface area (Å²) in [5.74, 6) is -1.24. The minimum absolute atomic E-state index is 0.0595. The van der Waals surface area contributed by atoms with Gasteiger partial charge in [0.05, 0.1) is 30.7 Å². The Bertz CT molecular complexity index is 1080. The van der Waals surface area contributed by atoms with E-state index in [1.807, 2.05) is 6.92 Å². The summed E-state index contributed by atoms with van der Waals surface area (Å²) in [4.78, 5) is 33.9. The molecule has 0 bridgehead atoms. The molecule has 0 spiro atoms. The van der Waals surface area contributed by atoms with Crippen molar-refractivity contribution in [2.24, 2.45) is 0 Å². The van der Waals surface area contributed by atoms with Gasteiger partial charge in [-0.3, -0.25) is 19.6 Å². The van der Waals surface area contributed by atoms with Gasteiger partial charge in [-0.05, 0) is 37.6 Å². The molecule has 1 amide bonds. The average molecular weight is 382 g/mol. The Morgan fingerprint density at radius 3 is 2.68 bits per heavy atom. The summed E-state index contributed by atoms with van der Waals surface area (Å²) < 4.78 is 14.9. The van der Waals surface area contributed by atoms with Crippen LogP contribution in [-0.4, -0.2) is 25.5 Å². The number of nitrogens with one attached hydrogen (secondary N) is 1. The molecule has 1 aromatic carbocycles. The van der Waals surface area contributed by atoms with Crippen LogP contribution >= 0.6 is 0 Å². The third kappa shape index (κ3) is 4.12. The molecule has 0 saturated carbocycles. The molecule has 0 aliphatic heterocycles. The van der Waals surface area contributed by atoms with E-state index in [0.29, 0.717) is 16.8 Å². The Morgan fingerprint density at radius 2 is 2.00 bits per heavy atom. The minimum atomic E-state index is -0.674. The molecule has 0 aliphatic carbocycles. The molecule has 2 heterocycles. The van der Waals surface area contributed by atoms with E-state index in [9.17, 15) is 19.1 Å². The zero-order valence-electron chi connectivity index (χ0n) is 15.4. The number of nitrogens with zero attached hydrogens (tertiary/aromatic N) is 3. The molecular weight excluding hydrogens is 363 g/mol. The summed E-state index contributed by atoms with van der Waals surface area (Å²) in [6.45, 7) is 3.24. The first-order chi connectivity index (χ1) is 13.4. The number of hydrogen-bond donors (Lipinski definition) is 2. The third-order valence-corrected chi connectivity index (χ3v) is 4.26. The number of hydrogen-bond acceptors (Lipinski definition) is 5. The van der Waals surface area contributed by atoms with Crippen LogP contribution < -0.4 is 10.9 Å². The lowest BCUT2D eigenvalue weighted by atomic mass is 10.1. The van der Waals surface area contributed by atoms with Gasteiger partial charge < -0.3 is 15.0 Å². The Labute approximate surface area is 160 Å². The maximum absolute atomic E-state index is 13.5. The van der Waals surface area contributed by atoms with Crippen LogP contribution in [0.5, 0.6) is 0 Å². The lowest BCUT2D eigenvalue weighted by Crippen LogP contribution is -2.31. The van der Waals surface area contributed by atoms with Crippen molar-refractivity contribution in [1.82, 2.24) is 14.5 Å². The van der Waals surface area contributed by atoms with Crippen molar-refractivity contribution in [3.63, 3.8) is 0 Å². The van der Waals surface area contributed by atoms with E-state index in [1.54, 1.807) is 31.6 Å². The summed E-state index contributed by atoms with van der Waals surface area (Å²) in [6.07, 6.45) is 4.75. The number of aliphatic hydroxyl groups is 1. The maximum atomic E-state index is 13.5. The first-order valence-corrected chi connectivity index (χ1v) is 8.57. The number of carbonyl (C=O) groups excluding carboxylic acids is 1. The molecule has 8 heteroatoms. The highest BCUT2D eigenvalue weighted by Crippen LogP contribution is 2.18. The number of aliphatic hydroxyl groups excluding tert-OH is 1. The highest BCUT2D eigenvalue weighted by atomic mass is 19.1. The summed E-state index contributed by atoms with van der Waals surface area (Å²) in [7, 11) is 0. The second-order valence-electron chi connectivity index (χ2n) is 6.37. The number of anilines is 1. The van der Waals surface area contributed by atoms with Crippen LogP contribution in [0.15, 0.2) is 47.7 Å². The quantitative estimate of drug-likeness (QED) is 0.705. The SMILES string of the molecule is Cc1cnc(Cn2ccc(C)c(C(=O)Nc3cc(F)ccc3CO)c2=O)cn1. The highest BCUT2D eigenvalue weighted by molar-refractivity contribution is 6.05. The molecule has 144 valence electrons. The zero-order chi connectivity index (χ0) is 20.3. The second-order valence-corrected chi connectivity index (χ2v) is 6.37. The maximum Gasteiger partial charge on any atom is 0.264 e. The Balaban J connectivity index is 1.93. The van der Waals surface area contributed by atoms with Crippen molar-refractivity contribution in [1.29, 1.82) is 0 Å². The predicted octanol–water partition coefficient (Wildman–Crippen LogP) is 2.19. The van der Waals surface area contributed by atoms with Gasteiger partial charge in [0, 0.05) is 23.6 Å². The van der Waals surface area contributed by atoms with Gasteiger partial charge >= 0.3 is 0 Å². The van der Waals surface area contributed by atoms with Crippen LogP contribution in [0, 0.1) is 19.7 Å². The minimum Gasteiger partial charge on any atom is -0.392 e. The van der Waals surface area contributed by atoms with Gasteiger partial charge in [0.15, 0.2) is 0 Å². The van der Waals surface area contributed by atoms with E-state index in [1.165, 1.54) is 16.7 Å². The molecule has 7 nitrogen and oxygen atoms in total. The molecule has 3 aromatic rings. The topological polar surface area (TPSA) is 97.1 Å². The van der Waals surface area contributed by atoms with Gasteiger partial charge in [-0.2, -0.15) is 0 Å². The number of aromatic nitrogens is 3. The predicted molar refractivity (Wildman–Crippen MR) is 102 cm³/mol. The lowest BCUT2D eigenvalue weighted by molar-refractivity contribution is 0.102. The van der Waals surface area contributed by atoms with E-state index >= 15 is 0 Å². The van der Waals surface area contributed by atoms with E-state index < -0.39 is 17.3 Å². The van der Waals surface area contributed by atoms with Gasteiger partial charge in [-0.1, -0.05) is 6.07 Å². The van der Waals surface area contributed by atoms with Crippen molar-refractivity contribution >= 4 is 11.6 Å². The molecule has 0 fully saturated rings. The van der Waals surface area contributed by atoms with Crippen molar-refractivity contribution in [2.45, 2.75) is 27.0 Å². The number of carbonyl (C=O) groups is 1. The number of pyridine rings is 1. The van der Waals surface area contributed by atoms with E-state index in [2.05, 4.69) is 15.3 Å². The van der Waals surface area contributed by atoms with Crippen molar-refractivity contribution in [3.8, 4) is 0 Å². The molecule has 0 saturated heterocycles. The van der Waals surface area contributed by atoms with Gasteiger partial charge in [0.25, 0.3) is 11.5 Å². The van der Waals surface area contributed by atoms with E-state index in [4.69, 9.17) is 0 Å². The van der Waals surface area contributed by atoms with Crippen LogP contribution in [0.2, 0.25) is 0 Å². The zero-order valence-corrected chi connectivity index (χ0v) is 15.4. The molecule has 28 heavy (non-hydrogen) atoms. The number of halogens is 1. The highest BCUT2D eigenvalue weighted by Gasteiger charge is 2.18. The van der Waals surface area contributed by atoms with Gasteiger partial charge in [0.1, 0.15) is 11.4 Å². The van der Waals surface area contributed by atoms with Crippen LogP contribution in [0.4, 0.5) is 10.1 Å². The molecule has 0 atom stereocenters. The first-order valence-electron chi connectivity index (χ1n) is 8.57. The largest absolute Gasteiger partial charge is 0.392 e. The lowest BCUT2D eigenvalue weighted by Gasteiger charge is -2.13.